The van der Waals surface area contributed by atoms with E-state index in [0.29, 0.717) is 61.3 Å². The molecule has 0 saturated carbocycles. The fraction of sp³-hybridized carbons (Fsp3) is 0.486. The number of aliphatic imine (C=N–C) groups is 1. The van der Waals surface area contributed by atoms with Crippen LogP contribution < -0.4 is 9.47 Å². The van der Waals surface area contributed by atoms with Gasteiger partial charge in [-0.2, -0.15) is 15.5 Å². The maximum atomic E-state index is 10.3. The van der Waals surface area contributed by atoms with E-state index in [1.54, 1.807) is 0 Å². The van der Waals surface area contributed by atoms with Gasteiger partial charge in [-0.15, -0.1) is 0 Å². The first-order chi connectivity index (χ1) is 21.0. The third-order valence-corrected chi connectivity index (χ3v) is 6.92. The lowest BCUT2D eigenvalue weighted by molar-refractivity contribution is -0.941. The number of benzene rings is 2. The van der Waals surface area contributed by atoms with Crippen LogP contribution in [0, 0.1) is 11.3 Å². The first kappa shape index (κ1) is 38.9. The minimum atomic E-state index is -0.668. The molecule has 0 radical (unpaired) electrons. The summed E-state index contributed by atoms with van der Waals surface area (Å²) in [5, 5.41) is 29.1. The van der Waals surface area contributed by atoms with Gasteiger partial charge >= 0.3 is 0 Å². The number of allylic oxidation sites excluding steroid dienone is 2. The van der Waals surface area contributed by atoms with Gasteiger partial charge in [0, 0.05) is 24.7 Å². The van der Waals surface area contributed by atoms with E-state index >= 15 is 0 Å². The summed E-state index contributed by atoms with van der Waals surface area (Å²) in [6, 6.07) is 14.3. The largest absolute Gasteiger partial charge is 0.490 e. The van der Waals surface area contributed by atoms with Gasteiger partial charge in [-0.25, -0.2) is 0 Å². The lowest BCUT2D eigenvalue weighted by Gasteiger charge is -2.28. The zero-order chi connectivity index (χ0) is 33.2. The van der Waals surface area contributed by atoms with Crippen LogP contribution in [0.25, 0.3) is 0 Å². The molecule has 8 nitrogen and oxygen atoms in total. The van der Waals surface area contributed by atoms with Crippen molar-refractivity contribution in [1.82, 2.24) is 0 Å². The molecule has 0 amide bonds. The van der Waals surface area contributed by atoms with E-state index in [2.05, 4.69) is 43.8 Å². The Labute approximate surface area is 270 Å². The molecule has 2 aromatic rings. The average Bonchev–Trinajstić information content (AvgIpc) is 3.01. The van der Waals surface area contributed by atoms with Gasteiger partial charge in [-0.1, -0.05) is 69.9 Å². The van der Waals surface area contributed by atoms with Crippen molar-refractivity contribution in [2.75, 3.05) is 40.1 Å². The number of nitrogens with zero attached hydrogens (tertiary/aromatic N) is 3. The summed E-state index contributed by atoms with van der Waals surface area (Å²) in [6.07, 6.45) is 7.56. The van der Waals surface area contributed by atoms with Crippen LogP contribution in [0.1, 0.15) is 83.6 Å². The first-order valence-corrected chi connectivity index (χ1v) is 15.8. The number of nitriles is 1. The van der Waals surface area contributed by atoms with E-state index in [0.717, 1.165) is 23.1 Å². The number of hydrogen-bond acceptors (Lipinski definition) is 8. The molecule has 0 fully saturated rings. The highest BCUT2D eigenvalue weighted by molar-refractivity contribution is 7.74. The summed E-state index contributed by atoms with van der Waals surface area (Å²) >= 11 is 4.21. The SMILES string of the molecule is CC.C\C=C/C(COc1ccc(C(C)(C)c2cc(C#N)c(OCCOCCCO)c(CC)c2)cc1)=N\C(=C\CC)[N+](C)(O)S. The highest BCUT2D eigenvalue weighted by Crippen LogP contribution is 2.37. The number of aryl methyl sites for hydroxylation is 1. The Balaban J connectivity index is 0.00000474. The van der Waals surface area contributed by atoms with Crippen molar-refractivity contribution >= 4 is 18.5 Å². The second kappa shape index (κ2) is 20.0. The molecule has 1 unspecified atom stereocenters. The molecule has 2 aromatic carbocycles. The van der Waals surface area contributed by atoms with Crippen molar-refractivity contribution in [3.8, 4) is 17.6 Å². The van der Waals surface area contributed by atoms with Crippen LogP contribution in [0.15, 0.2) is 65.4 Å². The van der Waals surface area contributed by atoms with Gasteiger partial charge in [0.15, 0.2) is 0 Å². The fourth-order valence-corrected chi connectivity index (χ4v) is 4.41. The summed E-state index contributed by atoms with van der Waals surface area (Å²) in [7, 11) is 1.53. The smallest absolute Gasteiger partial charge is 0.268 e. The number of rotatable bonds is 17. The topological polar surface area (TPSA) is 104 Å². The summed E-state index contributed by atoms with van der Waals surface area (Å²) in [5.41, 5.74) is 3.84. The monoisotopic (exact) mass is 626 g/mol. The highest BCUT2D eigenvalue weighted by atomic mass is 32.1. The van der Waals surface area contributed by atoms with Gasteiger partial charge in [0.2, 0.25) is 0 Å². The van der Waals surface area contributed by atoms with E-state index in [1.165, 1.54) is 7.05 Å². The number of hydrogen-bond donors (Lipinski definition) is 3. The van der Waals surface area contributed by atoms with Gasteiger partial charge in [-0.3, -0.25) is 0 Å². The van der Waals surface area contributed by atoms with Crippen LogP contribution in [-0.4, -0.2) is 60.2 Å². The maximum Gasteiger partial charge on any atom is 0.268 e. The Morgan fingerprint density at radius 1 is 1.07 bits per heavy atom. The van der Waals surface area contributed by atoms with Gasteiger partial charge in [0.05, 0.1) is 17.9 Å². The third-order valence-electron chi connectivity index (χ3n) is 6.71. The maximum absolute atomic E-state index is 10.3. The number of thiol groups is 1. The van der Waals surface area contributed by atoms with Crippen molar-refractivity contribution < 1.29 is 28.6 Å². The standard InChI is InChI=1S/C33H46N3O5S.C2H6/c1-7-11-29(35-31(12-8-2)36(6,38)42)24-41-30-15-13-27(14-16-30)33(4,5)28-21-25(9-3)32(26(22-28)23-34)40-20-19-39-18-10-17-37;1-2/h7,11-16,21-22,37-38,42H,8-10,17-20,24H2,1-6H3;1-2H3/q+1;/b11-7-,31-12-,35-29+;. The minimum Gasteiger partial charge on any atom is -0.490 e. The zero-order valence-electron chi connectivity index (χ0n) is 27.8. The van der Waals surface area contributed by atoms with Crippen molar-refractivity contribution in [2.45, 2.75) is 73.1 Å². The van der Waals surface area contributed by atoms with Crippen LogP contribution >= 0.6 is 12.8 Å². The third kappa shape index (κ3) is 12.1. The van der Waals surface area contributed by atoms with Crippen LogP contribution in [0.3, 0.4) is 0 Å². The van der Waals surface area contributed by atoms with Crippen molar-refractivity contribution in [3.63, 3.8) is 0 Å². The summed E-state index contributed by atoms with van der Waals surface area (Å²) in [5.74, 6) is 1.71. The number of ether oxygens (including phenoxy) is 3. The quantitative estimate of drug-likeness (QED) is 0.0550. The normalized spacial score (nSPS) is 13.6. The second-order valence-corrected chi connectivity index (χ2v) is 11.2. The minimum absolute atomic E-state index is 0.0949. The van der Waals surface area contributed by atoms with Gasteiger partial charge in [-0.05, 0) is 67.2 Å². The molecule has 2 N–H and O–H groups in total. The molecule has 1 atom stereocenters. The summed E-state index contributed by atoms with van der Waals surface area (Å²) in [4.78, 5) is 4.57. The molecule has 0 aliphatic carbocycles. The van der Waals surface area contributed by atoms with E-state index in [-0.39, 0.29) is 18.6 Å². The predicted molar refractivity (Wildman–Crippen MR) is 182 cm³/mol. The molecule has 2 rings (SSSR count). The Bertz CT molecular complexity index is 1270. The van der Waals surface area contributed by atoms with Crippen molar-refractivity contribution in [2.24, 2.45) is 4.99 Å². The highest BCUT2D eigenvalue weighted by Gasteiger charge is 2.26. The molecule has 44 heavy (non-hydrogen) atoms. The Kier molecular flexibility index (Phi) is 17.7. The number of aliphatic hydroxyl groups excluding tert-OH is 1. The number of aliphatic hydroxyl groups is 1. The van der Waals surface area contributed by atoms with Gasteiger partial charge < -0.3 is 19.3 Å². The summed E-state index contributed by atoms with van der Waals surface area (Å²) < 4.78 is 16.8. The fourth-order valence-electron chi connectivity index (χ4n) is 4.28. The molecule has 0 bridgehead atoms. The molecular weight excluding hydrogens is 574 g/mol. The predicted octanol–water partition coefficient (Wildman–Crippen LogP) is 7.58. The Morgan fingerprint density at radius 2 is 1.75 bits per heavy atom. The van der Waals surface area contributed by atoms with Crippen molar-refractivity contribution in [3.05, 3.63) is 82.7 Å². The van der Waals surface area contributed by atoms with Crippen LogP contribution in [0.4, 0.5) is 0 Å². The molecule has 0 aliphatic heterocycles. The van der Waals surface area contributed by atoms with Crippen LogP contribution in [-0.2, 0) is 16.6 Å². The second-order valence-electron chi connectivity index (χ2n) is 10.4. The molecule has 0 aromatic heterocycles. The Hall–Kier alpha value is -3.13. The molecule has 0 heterocycles. The van der Waals surface area contributed by atoms with Crippen LogP contribution in [0.2, 0.25) is 0 Å². The van der Waals surface area contributed by atoms with E-state index in [1.807, 2.05) is 83.2 Å². The lowest BCUT2D eigenvalue weighted by atomic mass is 9.77. The molecule has 9 heteroatoms. The van der Waals surface area contributed by atoms with E-state index in [4.69, 9.17) is 19.3 Å². The van der Waals surface area contributed by atoms with E-state index in [9.17, 15) is 10.5 Å². The van der Waals surface area contributed by atoms with Gasteiger partial charge in [0.1, 0.15) is 50.6 Å². The Morgan fingerprint density at radius 3 is 2.30 bits per heavy atom. The molecule has 0 spiro atoms. The van der Waals surface area contributed by atoms with Crippen molar-refractivity contribution in [1.29, 1.82) is 5.26 Å². The lowest BCUT2D eigenvalue weighted by Crippen LogP contribution is -2.28. The zero-order valence-corrected chi connectivity index (χ0v) is 28.7. The van der Waals surface area contributed by atoms with E-state index < -0.39 is 4.05 Å². The number of quaternary nitrogens is 1. The molecule has 0 aliphatic rings. The number of hydroxylamine groups is 2. The molecular formula is C35H52N3O5S+. The molecule has 0 saturated heterocycles. The summed E-state index contributed by atoms with van der Waals surface area (Å²) in [6.45, 7) is 15.7. The average molecular weight is 627 g/mol. The van der Waals surface area contributed by atoms with Gasteiger partial charge in [0.25, 0.3) is 5.82 Å². The molecule has 242 valence electrons. The first-order valence-electron chi connectivity index (χ1n) is 15.4. The van der Waals surface area contributed by atoms with Crippen LogP contribution in [0.5, 0.6) is 11.5 Å².